The van der Waals surface area contributed by atoms with Gasteiger partial charge in [0.2, 0.25) is 0 Å². The van der Waals surface area contributed by atoms with Crippen LogP contribution in [0.25, 0.3) is 32.7 Å². The first-order valence-electron chi connectivity index (χ1n) is 14.6. The fraction of sp³-hybridized carbons (Fsp3) is 0.111. The number of hydrogen-bond acceptors (Lipinski definition) is 1. The number of nitrogens with zero attached hydrogens (tertiary/aromatic N) is 1. The Morgan fingerprint density at radius 1 is 0.458 bits per heavy atom. The molecule has 0 unspecified atom stereocenters. The van der Waals surface area contributed by atoms with E-state index >= 15 is 17.6 Å². The highest BCUT2D eigenvalue weighted by atomic mass is 19.2. The molecule has 1 radical (unpaired) electrons. The molecule has 6 aromatic carbocycles. The fourth-order valence-electron chi connectivity index (χ4n) is 6.11. The fourth-order valence-corrected chi connectivity index (χ4v) is 6.11. The van der Waals surface area contributed by atoms with E-state index in [1.807, 2.05) is 18.7 Å². The van der Waals surface area contributed by atoms with Crippen LogP contribution in [0.4, 0.5) is 49.6 Å². The highest BCUT2D eigenvalue weighted by Crippen LogP contribution is 2.41. The van der Waals surface area contributed by atoms with E-state index in [-0.39, 0.29) is 11.6 Å². The number of anilines is 1. The number of halogens is 10. The Labute approximate surface area is 268 Å². The van der Waals surface area contributed by atoms with Crippen LogP contribution in [0, 0.1) is 58.2 Å². The maximum Gasteiger partial charge on any atom is 0.200 e. The Hall–Kier alpha value is -5.00. The monoisotopic (exact) mass is 669 g/mol. The van der Waals surface area contributed by atoms with Crippen molar-refractivity contribution in [2.45, 2.75) is 19.9 Å². The maximum atomic E-state index is 15.7. The number of hydrogen-bond donors (Lipinski definition) is 0. The molecular weight excluding hydrogens is 647 g/mol. The van der Waals surface area contributed by atoms with Crippen molar-refractivity contribution in [2.75, 3.05) is 11.9 Å². The molecule has 0 aliphatic rings. The minimum absolute atomic E-state index is 0.00489. The second-order valence-electron chi connectivity index (χ2n) is 11.5. The van der Waals surface area contributed by atoms with Gasteiger partial charge in [-0.25, -0.2) is 49.4 Å². The van der Waals surface area contributed by atoms with Gasteiger partial charge in [0.1, 0.15) is 23.3 Å². The van der Waals surface area contributed by atoms with Gasteiger partial charge in [-0.15, -0.1) is 0 Å². The van der Waals surface area contributed by atoms with Crippen molar-refractivity contribution in [1.82, 2.24) is 0 Å². The third kappa shape index (κ3) is 4.96. The van der Waals surface area contributed by atoms with Crippen LogP contribution in [0.3, 0.4) is 0 Å². The molecule has 6 aromatic rings. The van der Waals surface area contributed by atoms with Crippen LogP contribution in [-0.2, 0) is 0 Å². The normalized spacial score (nSPS) is 11.8. The lowest BCUT2D eigenvalue weighted by atomic mass is 9.35. The van der Waals surface area contributed by atoms with Gasteiger partial charge in [-0.05, 0) is 53.7 Å². The Kier molecular flexibility index (Phi) is 8.39. The predicted molar refractivity (Wildman–Crippen MR) is 168 cm³/mol. The van der Waals surface area contributed by atoms with Gasteiger partial charge < -0.3 is 4.90 Å². The van der Waals surface area contributed by atoms with Crippen LogP contribution in [0.1, 0.15) is 13.8 Å². The second-order valence-corrected chi connectivity index (χ2v) is 11.5. The summed E-state index contributed by atoms with van der Waals surface area (Å²) in [5, 5.41) is 1.92. The van der Waals surface area contributed by atoms with Crippen LogP contribution in [-0.4, -0.2) is 19.8 Å². The molecule has 0 spiro atoms. The summed E-state index contributed by atoms with van der Waals surface area (Å²) in [6.07, 6.45) is 0. The molecule has 245 valence electrons. The minimum Gasteiger partial charge on any atom is -0.372 e. The Morgan fingerprint density at radius 2 is 0.833 bits per heavy atom. The van der Waals surface area contributed by atoms with Crippen LogP contribution >= 0.6 is 0 Å². The quantitative estimate of drug-likeness (QED) is 0.0746. The van der Waals surface area contributed by atoms with Crippen LogP contribution in [0.2, 0.25) is 0 Å². The predicted octanol–water partition coefficient (Wildman–Crippen LogP) is 8.41. The van der Waals surface area contributed by atoms with Gasteiger partial charge in [0.25, 0.3) is 0 Å². The molecule has 0 fully saturated rings. The molecule has 0 atom stereocenters. The smallest absolute Gasteiger partial charge is 0.200 e. The first-order valence-corrected chi connectivity index (χ1v) is 14.6. The van der Waals surface area contributed by atoms with Crippen molar-refractivity contribution in [3.05, 3.63) is 131 Å². The van der Waals surface area contributed by atoms with Gasteiger partial charge in [0.05, 0.1) is 0 Å². The van der Waals surface area contributed by atoms with E-state index in [4.69, 9.17) is 0 Å². The summed E-state index contributed by atoms with van der Waals surface area (Å²) < 4.78 is 151. The SMILES string of the molecule is CC(C)N(C)c1ccc2ccccc2c1-c1c([B-](c2c(F)c(F)c(F)c(F)c2F)c2c(F)c(F)c(F)c(F)c2F)ccc2ccccc12. The lowest BCUT2D eigenvalue weighted by Crippen LogP contribution is -2.58. The topological polar surface area (TPSA) is 3.24 Å². The Bertz CT molecular complexity index is 2140. The first-order chi connectivity index (χ1) is 22.8. The van der Waals surface area contributed by atoms with Crippen molar-refractivity contribution >= 4 is 50.3 Å². The van der Waals surface area contributed by atoms with E-state index in [1.54, 1.807) is 67.7 Å². The van der Waals surface area contributed by atoms with Crippen molar-refractivity contribution in [2.24, 2.45) is 0 Å². The molecule has 0 heterocycles. The molecule has 0 saturated carbocycles. The van der Waals surface area contributed by atoms with Crippen LogP contribution in [0.15, 0.2) is 72.8 Å². The maximum absolute atomic E-state index is 15.7. The molecule has 12 heteroatoms. The van der Waals surface area contributed by atoms with Gasteiger partial charge in [-0.1, -0.05) is 66.7 Å². The average Bonchev–Trinajstić information content (AvgIpc) is 3.09. The largest absolute Gasteiger partial charge is 0.372 e. The van der Waals surface area contributed by atoms with E-state index in [9.17, 15) is 26.3 Å². The molecule has 0 aliphatic heterocycles. The van der Waals surface area contributed by atoms with Gasteiger partial charge in [0.15, 0.2) is 34.9 Å². The van der Waals surface area contributed by atoms with E-state index in [1.165, 1.54) is 6.07 Å². The first kappa shape index (κ1) is 32.9. The molecule has 0 amide bonds. The second kappa shape index (κ2) is 12.2. The Balaban J connectivity index is 1.91. The van der Waals surface area contributed by atoms with Gasteiger partial charge in [0, 0.05) is 24.3 Å². The highest BCUT2D eigenvalue weighted by molar-refractivity contribution is 6.96. The zero-order chi connectivity index (χ0) is 34.8. The number of rotatable bonds is 6. The number of fused-ring (bicyclic) bond motifs is 2. The van der Waals surface area contributed by atoms with Crippen LogP contribution < -0.4 is 21.3 Å². The average molecular weight is 669 g/mol. The zero-order valence-electron chi connectivity index (χ0n) is 25.3. The molecule has 0 bridgehead atoms. The lowest BCUT2D eigenvalue weighted by molar-refractivity contribution is 0.382. The summed E-state index contributed by atoms with van der Waals surface area (Å²) in [5.74, 6) is -25.0. The zero-order valence-corrected chi connectivity index (χ0v) is 25.3. The van der Waals surface area contributed by atoms with E-state index < -0.39 is 81.3 Å². The lowest BCUT2D eigenvalue weighted by Gasteiger charge is -2.36. The molecule has 0 aromatic heterocycles. The summed E-state index contributed by atoms with van der Waals surface area (Å²) in [6.45, 7) is 0.972. The van der Waals surface area contributed by atoms with E-state index in [0.717, 1.165) is 6.07 Å². The Morgan fingerprint density at radius 3 is 1.27 bits per heavy atom. The van der Waals surface area contributed by atoms with Crippen molar-refractivity contribution < 1.29 is 43.9 Å². The van der Waals surface area contributed by atoms with Gasteiger partial charge in [-0.3, -0.25) is 0 Å². The summed E-state index contributed by atoms with van der Waals surface area (Å²) >= 11 is 0. The molecule has 0 saturated heterocycles. The molecule has 0 aliphatic carbocycles. The minimum atomic E-state index is -2.74. The van der Waals surface area contributed by atoms with Crippen molar-refractivity contribution in [3.8, 4) is 11.1 Å². The highest BCUT2D eigenvalue weighted by Gasteiger charge is 2.33. The molecular formula is C36H22BF10N-. The summed E-state index contributed by atoms with van der Waals surface area (Å²) in [5.41, 5.74) is -3.29. The molecule has 6 rings (SSSR count). The third-order valence-electron chi connectivity index (χ3n) is 8.65. The third-order valence-corrected chi connectivity index (χ3v) is 8.65. The molecule has 0 N–H and O–H groups in total. The van der Waals surface area contributed by atoms with Gasteiger partial charge >= 0.3 is 0 Å². The summed E-state index contributed by atoms with van der Waals surface area (Å²) in [6, 6.07) is 19.1. The van der Waals surface area contributed by atoms with Crippen molar-refractivity contribution in [1.29, 1.82) is 0 Å². The van der Waals surface area contributed by atoms with E-state index in [0.29, 0.717) is 32.8 Å². The van der Waals surface area contributed by atoms with Crippen molar-refractivity contribution in [3.63, 3.8) is 0 Å². The van der Waals surface area contributed by atoms with Gasteiger partial charge in [-0.2, -0.15) is 10.9 Å². The number of benzene rings is 6. The molecule has 1 nitrogen and oxygen atoms in total. The van der Waals surface area contributed by atoms with E-state index in [2.05, 4.69) is 0 Å². The summed E-state index contributed by atoms with van der Waals surface area (Å²) in [7, 11) is 1.73. The summed E-state index contributed by atoms with van der Waals surface area (Å²) in [4.78, 5) is 1.82. The standard InChI is InChI=1S/C36H22BF10N/c1-16(2)48(3)22-15-13-18-9-5-7-11-20(18)24(22)23-19-10-6-4-8-17(19)12-14-21(23)37(25-27(38)31(42)35(46)32(43)28(25)39)26-29(40)33(44)36(47)34(45)30(26)41/h4-16H,1-3H3/q-1. The van der Waals surface area contributed by atoms with Crippen LogP contribution in [0.5, 0.6) is 0 Å². The molecule has 48 heavy (non-hydrogen) atoms.